The van der Waals surface area contributed by atoms with Crippen molar-refractivity contribution in [3.05, 3.63) is 71.3 Å². The molecule has 3 nitrogen and oxygen atoms in total. The molecule has 2 rings (SSSR count). The van der Waals surface area contributed by atoms with E-state index in [0.717, 1.165) is 12.8 Å². The zero-order chi connectivity index (χ0) is 15.8. The van der Waals surface area contributed by atoms with Crippen molar-refractivity contribution in [3.63, 3.8) is 0 Å². The van der Waals surface area contributed by atoms with Crippen LogP contribution in [0.15, 0.2) is 54.6 Å². The maximum atomic E-state index is 5.86. The Hall–Kier alpha value is -1.68. The molecule has 0 unspecified atom stereocenters. The molecule has 2 N–H and O–H groups in total. The van der Waals surface area contributed by atoms with Gasteiger partial charge in [-0.1, -0.05) is 54.6 Å². The number of hydrogen-bond acceptors (Lipinski definition) is 3. The Morgan fingerprint density at radius 2 is 1.55 bits per heavy atom. The van der Waals surface area contributed by atoms with Gasteiger partial charge in [0.05, 0.1) is 0 Å². The fourth-order valence-corrected chi connectivity index (χ4v) is 2.86. The molecule has 118 valence electrons. The molecular formula is C19H25NO2. The Kier molecular flexibility index (Phi) is 6.59. The summed E-state index contributed by atoms with van der Waals surface area (Å²) in [5.41, 5.74) is 9.71. The first-order valence-electron chi connectivity index (χ1n) is 7.68. The summed E-state index contributed by atoms with van der Waals surface area (Å²) in [5, 5.41) is 0. The van der Waals surface area contributed by atoms with Gasteiger partial charge in [-0.2, -0.15) is 0 Å². The maximum Gasteiger partial charge on any atom is 0.160 e. The first kappa shape index (κ1) is 16.7. The second kappa shape index (κ2) is 8.69. The summed E-state index contributed by atoms with van der Waals surface area (Å²) < 4.78 is 10.7. The van der Waals surface area contributed by atoms with Crippen LogP contribution in [0, 0.1) is 0 Å². The Labute approximate surface area is 133 Å². The lowest BCUT2D eigenvalue weighted by Gasteiger charge is -2.22. The van der Waals surface area contributed by atoms with E-state index >= 15 is 0 Å². The standard InChI is InChI=1S/C19H25NO2/c1-21-19(22-2)14-16-10-6-7-11-17(16)18(12-13-20)15-8-4-3-5-9-15/h3-11,18-19H,12-14,20H2,1-2H3/t18-/m0/s1. The number of rotatable bonds is 8. The van der Waals surface area contributed by atoms with E-state index in [9.17, 15) is 0 Å². The van der Waals surface area contributed by atoms with Crippen LogP contribution in [-0.4, -0.2) is 27.1 Å². The van der Waals surface area contributed by atoms with Crippen LogP contribution in [0.25, 0.3) is 0 Å². The number of nitrogens with two attached hydrogens (primary N) is 1. The molecule has 2 aromatic carbocycles. The quantitative estimate of drug-likeness (QED) is 0.760. The maximum absolute atomic E-state index is 5.86. The highest BCUT2D eigenvalue weighted by molar-refractivity contribution is 5.38. The average Bonchev–Trinajstić information content (AvgIpc) is 2.59. The average molecular weight is 299 g/mol. The van der Waals surface area contributed by atoms with E-state index < -0.39 is 0 Å². The molecule has 2 aromatic rings. The van der Waals surface area contributed by atoms with E-state index in [4.69, 9.17) is 15.2 Å². The fourth-order valence-electron chi connectivity index (χ4n) is 2.86. The van der Waals surface area contributed by atoms with Crippen molar-refractivity contribution in [2.24, 2.45) is 5.73 Å². The molecule has 3 heteroatoms. The van der Waals surface area contributed by atoms with Crippen molar-refractivity contribution >= 4 is 0 Å². The highest BCUT2D eigenvalue weighted by atomic mass is 16.7. The van der Waals surface area contributed by atoms with Crippen molar-refractivity contribution in [1.29, 1.82) is 0 Å². The largest absolute Gasteiger partial charge is 0.356 e. The van der Waals surface area contributed by atoms with Crippen LogP contribution in [0.3, 0.4) is 0 Å². The van der Waals surface area contributed by atoms with E-state index in [1.54, 1.807) is 14.2 Å². The molecule has 0 fully saturated rings. The summed E-state index contributed by atoms with van der Waals surface area (Å²) in [5.74, 6) is 0.303. The monoisotopic (exact) mass is 299 g/mol. The van der Waals surface area contributed by atoms with Crippen LogP contribution in [0.1, 0.15) is 29.0 Å². The molecular weight excluding hydrogens is 274 g/mol. The first-order chi connectivity index (χ1) is 10.8. The van der Waals surface area contributed by atoms with Crippen LogP contribution in [0.4, 0.5) is 0 Å². The summed E-state index contributed by atoms with van der Waals surface area (Å²) >= 11 is 0. The molecule has 0 heterocycles. The van der Waals surface area contributed by atoms with Gasteiger partial charge < -0.3 is 15.2 Å². The molecule has 0 amide bonds. The third-order valence-electron chi connectivity index (χ3n) is 4.00. The Morgan fingerprint density at radius 1 is 0.909 bits per heavy atom. The van der Waals surface area contributed by atoms with Gasteiger partial charge in [0.1, 0.15) is 0 Å². The van der Waals surface area contributed by atoms with Crippen molar-refractivity contribution < 1.29 is 9.47 Å². The van der Waals surface area contributed by atoms with Crippen LogP contribution < -0.4 is 5.73 Å². The summed E-state index contributed by atoms with van der Waals surface area (Å²) in [6.45, 7) is 0.659. The first-order valence-corrected chi connectivity index (χ1v) is 7.68. The molecule has 0 spiro atoms. The minimum absolute atomic E-state index is 0.226. The van der Waals surface area contributed by atoms with Gasteiger partial charge in [-0.25, -0.2) is 0 Å². The predicted molar refractivity (Wildman–Crippen MR) is 89.9 cm³/mol. The Balaban J connectivity index is 2.35. The molecule has 0 aliphatic heterocycles. The van der Waals surface area contributed by atoms with Gasteiger partial charge in [0.25, 0.3) is 0 Å². The summed E-state index contributed by atoms with van der Waals surface area (Å²) in [4.78, 5) is 0. The second-order valence-corrected chi connectivity index (χ2v) is 5.34. The van der Waals surface area contributed by atoms with Crippen molar-refractivity contribution in [3.8, 4) is 0 Å². The van der Waals surface area contributed by atoms with Gasteiger partial charge in [-0.3, -0.25) is 0 Å². The molecule has 0 aromatic heterocycles. The zero-order valence-corrected chi connectivity index (χ0v) is 13.4. The predicted octanol–water partition coefficient (Wildman–Crippen LogP) is 3.33. The highest BCUT2D eigenvalue weighted by Gasteiger charge is 2.18. The highest BCUT2D eigenvalue weighted by Crippen LogP contribution is 2.30. The van der Waals surface area contributed by atoms with Gasteiger partial charge in [-0.05, 0) is 29.7 Å². The van der Waals surface area contributed by atoms with Gasteiger partial charge in [0.2, 0.25) is 0 Å². The minimum atomic E-state index is -0.226. The van der Waals surface area contributed by atoms with Gasteiger partial charge in [0, 0.05) is 26.6 Å². The van der Waals surface area contributed by atoms with E-state index in [1.165, 1.54) is 16.7 Å². The number of methoxy groups -OCH3 is 2. The van der Waals surface area contributed by atoms with Crippen molar-refractivity contribution in [1.82, 2.24) is 0 Å². The Bertz CT molecular complexity index is 552. The van der Waals surface area contributed by atoms with Gasteiger partial charge >= 0.3 is 0 Å². The Morgan fingerprint density at radius 3 is 2.18 bits per heavy atom. The molecule has 0 aliphatic rings. The lowest BCUT2D eigenvalue weighted by Crippen LogP contribution is -2.18. The third kappa shape index (κ3) is 4.17. The normalized spacial score (nSPS) is 12.5. The van der Waals surface area contributed by atoms with Crippen molar-refractivity contribution in [2.75, 3.05) is 20.8 Å². The van der Waals surface area contributed by atoms with E-state index in [0.29, 0.717) is 12.5 Å². The third-order valence-corrected chi connectivity index (χ3v) is 4.00. The number of hydrogen-bond donors (Lipinski definition) is 1. The summed E-state index contributed by atoms with van der Waals surface area (Å²) in [6, 6.07) is 19.0. The molecule has 0 radical (unpaired) electrons. The smallest absolute Gasteiger partial charge is 0.160 e. The van der Waals surface area contributed by atoms with Gasteiger partial charge in [-0.15, -0.1) is 0 Å². The lowest BCUT2D eigenvalue weighted by molar-refractivity contribution is -0.100. The van der Waals surface area contributed by atoms with Crippen LogP contribution in [0.5, 0.6) is 0 Å². The van der Waals surface area contributed by atoms with Crippen LogP contribution >= 0.6 is 0 Å². The summed E-state index contributed by atoms with van der Waals surface area (Å²) in [6.07, 6.45) is 1.43. The molecule has 1 atom stereocenters. The van der Waals surface area contributed by atoms with E-state index in [-0.39, 0.29) is 6.29 Å². The minimum Gasteiger partial charge on any atom is -0.356 e. The lowest BCUT2D eigenvalue weighted by atomic mass is 9.85. The zero-order valence-electron chi connectivity index (χ0n) is 13.4. The number of ether oxygens (including phenoxy) is 2. The summed E-state index contributed by atoms with van der Waals surface area (Å²) in [7, 11) is 3.34. The van der Waals surface area contributed by atoms with E-state index in [2.05, 4.69) is 48.5 Å². The second-order valence-electron chi connectivity index (χ2n) is 5.34. The topological polar surface area (TPSA) is 44.5 Å². The molecule has 22 heavy (non-hydrogen) atoms. The van der Waals surface area contributed by atoms with Crippen LogP contribution in [-0.2, 0) is 15.9 Å². The molecule has 0 bridgehead atoms. The SMILES string of the molecule is COC(Cc1ccccc1[C@@H](CCN)c1ccccc1)OC. The van der Waals surface area contributed by atoms with E-state index in [1.807, 2.05) is 6.07 Å². The fraction of sp³-hybridized carbons (Fsp3) is 0.368. The van der Waals surface area contributed by atoms with Crippen LogP contribution in [0.2, 0.25) is 0 Å². The number of benzene rings is 2. The molecule has 0 saturated heterocycles. The molecule has 0 saturated carbocycles. The molecule has 0 aliphatic carbocycles. The van der Waals surface area contributed by atoms with Gasteiger partial charge in [0.15, 0.2) is 6.29 Å². The van der Waals surface area contributed by atoms with Crippen molar-refractivity contribution in [2.45, 2.75) is 25.0 Å².